The average Bonchev–Trinajstić information content (AvgIpc) is 2.35. The lowest BCUT2D eigenvalue weighted by molar-refractivity contribution is -0.148. The molecule has 21 heavy (non-hydrogen) atoms. The fourth-order valence-electron chi connectivity index (χ4n) is 1.29. The minimum atomic E-state index is -5.17. The van der Waals surface area contributed by atoms with Gasteiger partial charge < -0.3 is 24.4 Å². The van der Waals surface area contributed by atoms with Crippen LogP contribution in [0.25, 0.3) is 0 Å². The van der Waals surface area contributed by atoms with E-state index in [2.05, 4.69) is 4.74 Å². The summed E-state index contributed by atoms with van der Waals surface area (Å²) in [5.41, 5.74) is -3.08. The van der Waals surface area contributed by atoms with Crippen molar-refractivity contribution in [2.75, 3.05) is 13.2 Å². The van der Waals surface area contributed by atoms with E-state index in [1.807, 2.05) is 5.32 Å². The summed E-state index contributed by atoms with van der Waals surface area (Å²) in [4.78, 5) is 29.6. The second-order valence-corrected chi connectivity index (χ2v) is 6.00. The van der Waals surface area contributed by atoms with Crippen LogP contribution in [0, 0.1) is 0 Å². The summed E-state index contributed by atoms with van der Waals surface area (Å²) < 4.78 is 20.8. The summed E-state index contributed by atoms with van der Waals surface area (Å²) >= 11 is 5.71. The summed E-state index contributed by atoms with van der Waals surface area (Å²) in [7, 11) is -5.17. The Balaban J connectivity index is 2.89. The first-order valence-corrected chi connectivity index (χ1v) is 7.80. The molecule has 1 unspecified atom stereocenters. The van der Waals surface area contributed by atoms with E-state index >= 15 is 0 Å². The molecule has 1 atom stereocenters. The molecule has 10 heteroatoms. The summed E-state index contributed by atoms with van der Waals surface area (Å²) in [6.07, 6.45) is 0. The second kappa shape index (κ2) is 7.22. The molecule has 1 aromatic rings. The molecule has 0 aromatic heterocycles. The number of halogens is 1. The molecule has 0 spiro atoms. The molecule has 118 valence electrons. The van der Waals surface area contributed by atoms with Crippen LogP contribution in [0.15, 0.2) is 24.3 Å². The highest BCUT2D eigenvalue weighted by Crippen LogP contribution is 2.47. The molecule has 4 N–H and O–H groups in total. The predicted molar refractivity (Wildman–Crippen MR) is 73.7 cm³/mol. The summed E-state index contributed by atoms with van der Waals surface area (Å²) in [5, 5.41) is 12.1. The molecular weight excluding hydrogens is 325 g/mol. The van der Waals surface area contributed by atoms with Gasteiger partial charge in [-0.15, -0.1) is 0 Å². The average molecular weight is 340 g/mol. The van der Waals surface area contributed by atoms with Gasteiger partial charge in [0.1, 0.15) is 12.3 Å². The van der Waals surface area contributed by atoms with Crippen LogP contribution in [-0.4, -0.2) is 39.7 Å². The van der Waals surface area contributed by atoms with E-state index in [9.17, 15) is 24.3 Å². The molecule has 0 saturated carbocycles. The van der Waals surface area contributed by atoms with E-state index in [0.29, 0.717) is 0 Å². The number of benzene rings is 1. The highest BCUT2D eigenvalue weighted by atomic mass is 35.5. The van der Waals surface area contributed by atoms with E-state index in [4.69, 9.17) is 16.3 Å². The Morgan fingerprint density at radius 2 is 2.14 bits per heavy atom. The van der Waals surface area contributed by atoms with Crippen LogP contribution in [0.5, 0.6) is 5.75 Å². The molecule has 1 aromatic carbocycles. The van der Waals surface area contributed by atoms with Gasteiger partial charge in [0.15, 0.2) is 0 Å². The molecule has 0 radical (unpaired) electrons. The third-order valence-electron chi connectivity index (χ3n) is 2.22. The monoisotopic (exact) mass is 339 g/mol. The second-order valence-electron chi connectivity index (χ2n) is 3.87. The number of ether oxygens (including phenoxy) is 2. The van der Waals surface area contributed by atoms with Crippen molar-refractivity contribution in [3.05, 3.63) is 29.3 Å². The van der Waals surface area contributed by atoms with Crippen molar-refractivity contribution < 1.29 is 33.7 Å². The highest BCUT2D eigenvalue weighted by Gasteiger charge is 2.49. The Morgan fingerprint density at radius 1 is 1.48 bits per heavy atom. The maximum Gasteiger partial charge on any atom is 0.414 e. The predicted octanol–water partition coefficient (Wildman–Crippen LogP) is 0.653. The van der Waals surface area contributed by atoms with E-state index in [1.165, 1.54) is 24.3 Å². The number of esters is 1. The zero-order valence-corrected chi connectivity index (χ0v) is 12.7. The number of hydrogen-bond donors (Lipinski definition) is 4. The molecule has 0 aliphatic carbocycles. The number of nitrogens with one attached hydrogen (secondary N) is 1. The van der Waals surface area contributed by atoms with Gasteiger partial charge in [0, 0.05) is 5.02 Å². The Morgan fingerprint density at radius 3 is 2.67 bits per heavy atom. The summed E-state index contributed by atoms with van der Waals surface area (Å²) in [6.45, 7) is 0.996. The number of rotatable bonds is 7. The first-order valence-electron chi connectivity index (χ1n) is 5.81. The van der Waals surface area contributed by atoms with Gasteiger partial charge >= 0.3 is 19.2 Å². The molecule has 0 amide bonds. The van der Waals surface area contributed by atoms with Crippen LogP contribution in [0.2, 0.25) is 5.02 Å². The van der Waals surface area contributed by atoms with Crippen LogP contribution >= 0.6 is 19.2 Å². The number of carbonyl (C=O) groups is 1. The van der Waals surface area contributed by atoms with E-state index in [1.54, 1.807) is 6.92 Å². The van der Waals surface area contributed by atoms with Gasteiger partial charge in [0.2, 0.25) is 0 Å². The first-order chi connectivity index (χ1) is 9.68. The minimum Gasteiger partial charge on any atom is -0.465 e. The maximum atomic E-state index is 11.4. The lowest BCUT2D eigenvalue weighted by atomic mass is 10.3. The van der Waals surface area contributed by atoms with E-state index in [-0.39, 0.29) is 17.4 Å². The quantitative estimate of drug-likeness (QED) is 0.324. The third-order valence-corrected chi connectivity index (χ3v) is 3.49. The molecule has 0 fully saturated rings. The fourth-order valence-corrected chi connectivity index (χ4v) is 1.98. The summed E-state index contributed by atoms with van der Waals surface area (Å²) in [6, 6.07) is 5.55. The lowest BCUT2D eigenvalue weighted by Gasteiger charge is -2.29. The Bertz CT molecular complexity index is 549. The molecular formula is C11H15ClNO7P. The minimum absolute atomic E-state index is 0.0873. The third kappa shape index (κ3) is 5.28. The molecule has 0 heterocycles. The largest absolute Gasteiger partial charge is 0.465 e. The van der Waals surface area contributed by atoms with Crippen LogP contribution in [-0.2, 0) is 14.1 Å². The number of aliphatic hydroxyl groups is 1. The summed E-state index contributed by atoms with van der Waals surface area (Å²) in [5.74, 6) is -0.899. The van der Waals surface area contributed by atoms with Crippen molar-refractivity contribution in [3.8, 4) is 5.75 Å². The smallest absolute Gasteiger partial charge is 0.414 e. The van der Waals surface area contributed by atoms with Crippen molar-refractivity contribution in [2.45, 2.75) is 12.6 Å². The molecule has 1 rings (SSSR count). The van der Waals surface area contributed by atoms with Crippen molar-refractivity contribution in [1.82, 2.24) is 5.32 Å². The van der Waals surface area contributed by atoms with Gasteiger partial charge in [-0.05, 0) is 25.1 Å². The number of hydrogen-bond acceptors (Lipinski definition) is 6. The van der Waals surface area contributed by atoms with Crippen molar-refractivity contribution >= 4 is 25.2 Å². The lowest BCUT2D eigenvalue weighted by Crippen LogP contribution is -2.52. The Labute approximate surface area is 125 Å². The fraction of sp³-hybridized carbons (Fsp3) is 0.364. The molecule has 0 aliphatic rings. The Kier molecular flexibility index (Phi) is 6.15. The zero-order valence-electron chi connectivity index (χ0n) is 11.0. The SMILES string of the molecule is CCOC(=O)CNC(O)(Oc1cccc(Cl)c1)P(=O)(O)O. The van der Waals surface area contributed by atoms with Crippen LogP contribution in [0.3, 0.4) is 0 Å². The van der Waals surface area contributed by atoms with Crippen molar-refractivity contribution in [1.29, 1.82) is 0 Å². The maximum absolute atomic E-state index is 11.4. The van der Waals surface area contributed by atoms with Crippen LogP contribution in [0.1, 0.15) is 6.92 Å². The molecule has 0 aliphatic heterocycles. The molecule has 0 saturated heterocycles. The van der Waals surface area contributed by atoms with Gasteiger partial charge in [0.05, 0.1) is 6.61 Å². The van der Waals surface area contributed by atoms with Gasteiger partial charge in [-0.2, -0.15) is 0 Å². The normalized spacial score (nSPS) is 14.3. The van der Waals surface area contributed by atoms with Gasteiger partial charge in [-0.25, -0.2) is 5.32 Å². The van der Waals surface area contributed by atoms with Gasteiger partial charge in [-0.1, -0.05) is 17.7 Å². The zero-order chi connectivity index (χ0) is 16.1. The molecule has 0 bridgehead atoms. The van der Waals surface area contributed by atoms with E-state index < -0.39 is 25.8 Å². The topological polar surface area (TPSA) is 125 Å². The van der Waals surface area contributed by atoms with Gasteiger partial charge in [-0.3, -0.25) is 9.36 Å². The van der Waals surface area contributed by atoms with Crippen molar-refractivity contribution in [3.63, 3.8) is 0 Å². The van der Waals surface area contributed by atoms with Gasteiger partial charge in [0.25, 0.3) is 0 Å². The highest BCUT2D eigenvalue weighted by molar-refractivity contribution is 7.53. The van der Waals surface area contributed by atoms with Crippen molar-refractivity contribution in [2.24, 2.45) is 0 Å². The number of carbonyl (C=O) groups excluding carboxylic acids is 1. The van der Waals surface area contributed by atoms with Crippen LogP contribution < -0.4 is 10.1 Å². The Hall–Kier alpha value is -1.15. The molecule has 8 nitrogen and oxygen atoms in total. The van der Waals surface area contributed by atoms with E-state index in [0.717, 1.165) is 0 Å². The van der Waals surface area contributed by atoms with Crippen LogP contribution in [0.4, 0.5) is 0 Å². The first kappa shape index (κ1) is 17.9. The standard InChI is InChI=1S/C11H15ClNO7P/c1-2-19-10(14)7-13-11(15,21(16,17)18)20-9-5-3-4-8(12)6-9/h3-6,13,15H,2,7H2,1H3,(H2,16,17,18).